The third-order valence-corrected chi connectivity index (χ3v) is 6.55. The van der Waals surface area contributed by atoms with E-state index in [0.29, 0.717) is 10.2 Å². The number of aryl methyl sites for hydroxylation is 2. The largest absolute Gasteiger partial charge is 0.0836 e. The van der Waals surface area contributed by atoms with Crippen LogP contribution in [0, 0.1) is 11.3 Å². The molecule has 0 aromatic heterocycles. The van der Waals surface area contributed by atoms with Crippen molar-refractivity contribution in [3.63, 3.8) is 0 Å². The van der Waals surface area contributed by atoms with Gasteiger partial charge in [0.25, 0.3) is 0 Å². The molecule has 1 aromatic carbocycles. The molecular formula is C18H25Br. The van der Waals surface area contributed by atoms with E-state index in [0.717, 1.165) is 5.92 Å². The Hall–Kier alpha value is -0.300. The van der Waals surface area contributed by atoms with Crippen molar-refractivity contribution in [3.05, 3.63) is 34.9 Å². The predicted molar refractivity (Wildman–Crippen MR) is 85.9 cm³/mol. The van der Waals surface area contributed by atoms with Gasteiger partial charge in [0.2, 0.25) is 0 Å². The number of rotatable bonds is 2. The van der Waals surface area contributed by atoms with Gasteiger partial charge in [-0.3, -0.25) is 0 Å². The van der Waals surface area contributed by atoms with E-state index in [-0.39, 0.29) is 0 Å². The van der Waals surface area contributed by atoms with Crippen LogP contribution < -0.4 is 0 Å². The van der Waals surface area contributed by atoms with Crippen LogP contribution in [0.15, 0.2) is 18.2 Å². The molecule has 3 rings (SSSR count). The summed E-state index contributed by atoms with van der Waals surface area (Å²) in [6.45, 7) is 4.91. The summed E-state index contributed by atoms with van der Waals surface area (Å²) in [5.74, 6) is 0.778. The van der Waals surface area contributed by atoms with Gasteiger partial charge in [-0.15, -0.1) is 0 Å². The molecule has 1 heteroatoms. The summed E-state index contributed by atoms with van der Waals surface area (Å²) >= 11 is 4.03. The van der Waals surface area contributed by atoms with Crippen molar-refractivity contribution in [2.45, 2.75) is 63.6 Å². The summed E-state index contributed by atoms with van der Waals surface area (Å²) in [5.41, 5.74) is 5.19. The predicted octanol–water partition coefficient (Wildman–Crippen LogP) is 5.83. The lowest BCUT2D eigenvalue weighted by molar-refractivity contribution is 0.136. The molecule has 0 saturated heterocycles. The number of hydrogen-bond donors (Lipinski definition) is 0. The molecular weight excluding hydrogens is 296 g/mol. The topological polar surface area (TPSA) is 0 Å². The molecule has 0 bridgehead atoms. The van der Waals surface area contributed by atoms with Gasteiger partial charge in [-0.05, 0) is 60.1 Å². The summed E-state index contributed by atoms with van der Waals surface area (Å²) in [6.07, 6.45) is 9.49. The van der Waals surface area contributed by atoms with Crippen LogP contribution in [0.3, 0.4) is 0 Å². The molecule has 19 heavy (non-hydrogen) atoms. The highest BCUT2D eigenvalue weighted by molar-refractivity contribution is 9.09. The molecule has 2 unspecified atom stereocenters. The maximum atomic E-state index is 4.03. The average Bonchev–Trinajstić information content (AvgIpc) is 2.84. The smallest absolute Gasteiger partial charge is 0.0428 e. The van der Waals surface area contributed by atoms with E-state index in [4.69, 9.17) is 0 Å². The first-order valence-corrected chi connectivity index (χ1v) is 8.75. The highest BCUT2D eigenvalue weighted by atomic mass is 79.9. The maximum Gasteiger partial charge on any atom is 0.0428 e. The lowest BCUT2D eigenvalue weighted by atomic mass is 9.66. The summed E-state index contributed by atoms with van der Waals surface area (Å²) in [4.78, 5) is 0.536. The summed E-state index contributed by atoms with van der Waals surface area (Å²) in [6, 6.07) is 7.22. The van der Waals surface area contributed by atoms with E-state index >= 15 is 0 Å². The maximum absolute atomic E-state index is 4.03. The van der Waals surface area contributed by atoms with Gasteiger partial charge in [-0.25, -0.2) is 0 Å². The Kier molecular flexibility index (Phi) is 3.77. The number of fused-ring (bicyclic) bond motifs is 1. The molecule has 0 aliphatic heterocycles. The van der Waals surface area contributed by atoms with Crippen LogP contribution in [0.2, 0.25) is 0 Å². The number of benzene rings is 1. The van der Waals surface area contributed by atoms with Crippen LogP contribution in [-0.2, 0) is 12.8 Å². The van der Waals surface area contributed by atoms with Crippen molar-refractivity contribution in [1.82, 2.24) is 0 Å². The zero-order valence-electron chi connectivity index (χ0n) is 12.2. The van der Waals surface area contributed by atoms with Crippen molar-refractivity contribution in [3.8, 4) is 0 Å². The minimum absolute atomic E-state index is 0.478. The molecule has 0 amide bonds. The fraction of sp³-hybridized carbons (Fsp3) is 0.667. The van der Waals surface area contributed by atoms with E-state index in [9.17, 15) is 0 Å². The van der Waals surface area contributed by atoms with E-state index in [1.165, 1.54) is 50.5 Å². The Morgan fingerprint density at radius 3 is 2.68 bits per heavy atom. The number of halogens is 1. The fourth-order valence-electron chi connectivity index (χ4n) is 4.06. The van der Waals surface area contributed by atoms with Gasteiger partial charge in [0, 0.05) is 4.83 Å². The van der Waals surface area contributed by atoms with Crippen LogP contribution in [0.5, 0.6) is 0 Å². The van der Waals surface area contributed by atoms with Gasteiger partial charge in [0.05, 0.1) is 0 Å². The first-order valence-electron chi connectivity index (χ1n) is 7.84. The molecule has 0 radical (unpaired) electrons. The second kappa shape index (κ2) is 5.24. The zero-order valence-corrected chi connectivity index (χ0v) is 13.8. The molecule has 2 atom stereocenters. The van der Waals surface area contributed by atoms with Crippen molar-refractivity contribution >= 4 is 15.9 Å². The summed E-state index contributed by atoms with van der Waals surface area (Å²) < 4.78 is 0. The minimum Gasteiger partial charge on any atom is -0.0836 e. The number of alkyl halides is 1. The van der Waals surface area contributed by atoms with Crippen LogP contribution in [0.25, 0.3) is 0 Å². The van der Waals surface area contributed by atoms with E-state index in [1.807, 2.05) is 0 Å². The molecule has 1 fully saturated rings. The van der Waals surface area contributed by atoms with E-state index in [1.54, 1.807) is 11.1 Å². The molecule has 1 aromatic rings. The molecule has 0 N–H and O–H groups in total. The summed E-state index contributed by atoms with van der Waals surface area (Å²) in [7, 11) is 0. The van der Waals surface area contributed by atoms with Gasteiger partial charge in [0.1, 0.15) is 0 Å². The molecule has 2 aliphatic rings. The molecule has 1 saturated carbocycles. The van der Waals surface area contributed by atoms with E-state index in [2.05, 4.69) is 48.0 Å². The van der Waals surface area contributed by atoms with E-state index < -0.39 is 0 Å². The Morgan fingerprint density at radius 2 is 1.89 bits per heavy atom. The summed E-state index contributed by atoms with van der Waals surface area (Å²) in [5, 5.41) is 0. The minimum atomic E-state index is 0.478. The molecule has 2 aliphatic carbocycles. The second-order valence-electron chi connectivity index (χ2n) is 7.12. The van der Waals surface area contributed by atoms with Gasteiger partial charge < -0.3 is 0 Å². The Balaban J connectivity index is 1.85. The van der Waals surface area contributed by atoms with Crippen LogP contribution in [-0.4, -0.2) is 0 Å². The molecule has 0 spiro atoms. The lowest BCUT2D eigenvalue weighted by Crippen LogP contribution is -2.30. The molecule has 0 nitrogen and oxygen atoms in total. The fourth-order valence-corrected chi connectivity index (χ4v) is 5.32. The van der Waals surface area contributed by atoms with Crippen molar-refractivity contribution in [2.75, 3.05) is 0 Å². The normalized spacial score (nSPS) is 27.0. The molecule has 104 valence electrons. The quantitative estimate of drug-likeness (QED) is 0.601. The van der Waals surface area contributed by atoms with Crippen molar-refractivity contribution in [1.29, 1.82) is 0 Å². The van der Waals surface area contributed by atoms with Gasteiger partial charge in [0.15, 0.2) is 0 Å². The molecule has 0 heterocycles. The first-order chi connectivity index (χ1) is 9.08. The van der Waals surface area contributed by atoms with Crippen molar-refractivity contribution in [2.24, 2.45) is 11.3 Å². The van der Waals surface area contributed by atoms with Gasteiger partial charge >= 0.3 is 0 Å². The Labute approximate surface area is 126 Å². The third-order valence-electron chi connectivity index (χ3n) is 5.38. The Morgan fingerprint density at radius 1 is 1.11 bits per heavy atom. The number of hydrogen-bond acceptors (Lipinski definition) is 0. The highest BCUT2D eigenvalue weighted by Crippen LogP contribution is 2.50. The lowest BCUT2D eigenvalue weighted by Gasteiger charge is -2.41. The Bertz CT molecular complexity index is 461. The van der Waals surface area contributed by atoms with Crippen LogP contribution >= 0.6 is 15.9 Å². The second-order valence-corrected chi connectivity index (χ2v) is 8.11. The van der Waals surface area contributed by atoms with Crippen LogP contribution in [0.4, 0.5) is 0 Å². The van der Waals surface area contributed by atoms with Gasteiger partial charge in [-0.1, -0.05) is 60.8 Å². The standard InChI is InChI=1S/C18H25Br/c1-18(2)11-4-3-8-16(18)17(19)15-10-9-13-6-5-7-14(13)12-15/h9-10,12,16-17H,3-8,11H2,1-2H3. The zero-order chi connectivity index (χ0) is 13.5. The first kappa shape index (κ1) is 13.7. The average molecular weight is 321 g/mol. The third kappa shape index (κ3) is 2.63. The van der Waals surface area contributed by atoms with Crippen molar-refractivity contribution < 1.29 is 0 Å². The van der Waals surface area contributed by atoms with Crippen LogP contribution in [0.1, 0.15) is 67.5 Å². The van der Waals surface area contributed by atoms with Gasteiger partial charge in [-0.2, -0.15) is 0 Å². The highest BCUT2D eigenvalue weighted by Gasteiger charge is 2.37. The monoisotopic (exact) mass is 320 g/mol. The SMILES string of the molecule is CC1(C)CCCCC1C(Br)c1ccc2c(c1)CCC2.